The van der Waals surface area contributed by atoms with Gasteiger partial charge in [-0.15, -0.1) is 0 Å². The maximum atomic E-state index is 13.6. The molecule has 1 N–H and O–H groups in total. The van der Waals surface area contributed by atoms with Crippen LogP contribution in [0, 0.1) is 60.9 Å². The van der Waals surface area contributed by atoms with Gasteiger partial charge in [0.2, 0.25) is 6.54 Å². The van der Waals surface area contributed by atoms with Crippen LogP contribution in [-0.2, 0) is 14.3 Å². The van der Waals surface area contributed by atoms with Crippen molar-refractivity contribution in [1.82, 2.24) is 0 Å². The van der Waals surface area contributed by atoms with Crippen LogP contribution in [-0.4, -0.2) is 40.5 Å². The van der Waals surface area contributed by atoms with Crippen molar-refractivity contribution in [3.05, 3.63) is 21.3 Å². The van der Waals surface area contributed by atoms with Crippen molar-refractivity contribution >= 4 is 11.8 Å². The highest BCUT2D eigenvalue weighted by Gasteiger charge is 2.71. The van der Waals surface area contributed by atoms with Crippen LogP contribution < -0.4 is 0 Å². The van der Waals surface area contributed by atoms with E-state index in [1.165, 1.54) is 6.92 Å². The number of nitrogens with zero attached hydrogens (tertiary/aromatic N) is 1. The summed E-state index contributed by atoms with van der Waals surface area (Å²) in [5.41, 5.74) is 1.15. The third kappa shape index (κ3) is 3.84. The summed E-state index contributed by atoms with van der Waals surface area (Å²) in [7, 11) is 0. The first-order chi connectivity index (χ1) is 18.5. The van der Waals surface area contributed by atoms with E-state index in [2.05, 4.69) is 48.5 Å². The van der Waals surface area contributed by atoms with E-state index in [1.54, 1.807) is 0 Å². The number of ketones is 1. The summed E-state index contributed by atoms with van der Waals surface area (Å²) in [5.74, 6) is 1.04. The number of carbonyl (C=O) groups is 2. The highest BCUT2D eigenvalue weighted by molar-refractivity contribution is 6.00. The fraction of sp³-hybridized carbons (Fsp3) is 0.879. The van der Waals surface area contributed by atoms with Crippen LogP contribution in [0.2, 0.25) is 0 Å². The summed E-state index contributed by atoms with van der Waals surface area (Å²) in [6.07, 6.45) is 6.65. The number of nitro groups is 1. The van der Waals surface area contributed by atoms with Gasteiger partial charge in [-0.2, -0.15) is 0 Å². The predicted molar refractivity (Wildman–Crippen MR) is 153 cm³/mol. The molecule has 5 aliphatic carbocycles. The van der Waals surface area contributed by atoms with E-state index in [0.717, 1.165) is 56.1 Å². The molecule has 7 heteroatoms. The monoisotopic (exact) mass is 557 g/mol. The molecule has 9 atom stereocenters. The molecular weight excluding hydrogens is 506 g/mol. The van der Waals surface area contributed by atoms with Gasteiger partial charge >= 0.3 is 5.97 Å². The van der Waals surface area contributed by atoms with Gasteiger partial charge in [0.15, 0.2) is 5.78 Å². The van der Waals surface area contributed by atoms with Gasteiger partial charge in [0, 0.05) is 29.1 Å². The van der Waals surface area contributed by atoms with Crippen molar-refractivity contribution in [1.29, 1.82) is 0 Å². The quantitative estimate of drug-likeness (QED) is 0.234. The van der Waals surface area contributed by atoms with Crippen LogP contribution in [0.3, 0.4) is 0 Å². The Morgan fingerprint density at radius 3 is 2.27 bits per heavy atom. The average molecular weight is 558 g/mol. The number of allylic oxidation sites excluding steroid dienone is 1. The van der Waals surface area contributed by atoms with Crippen LogP contribution in [0.5, 0.6) is 0 Å². The lowest BCUT2D eigenvalue weighted by Gasteiger charge is -2.72. The van der Waals surface area contributed by atoms with Gasteiger partial charge in [-0.1, -0.05) is 54.0 Å². The molecule has 40 heavy (non-hydrogen) atoms. The summed E-state index contributed by atoms with van der Waals surface area (Å²) in [4.78, 5) is 36.6. The minimum atomic E-state index is -1.14. The Labute approximate surface area is 240 Å². The standard InChI is InChI=1S/C33H51NO6/c1-19(2)27-22(36)17-33(25(37)18-34(38)39)16-15-31(7)21(28(27)33)9-10-24-30(6)13-12-26(40-20(3)35)29(4,5)23(30)11-14-32(24,31)8/h19,21,23-26,37H,9-18H2,1-8H3/t21?,23?,24?,25-,26?,30?,31?,32?,33?/m1/s1. The molecule has 0 radical (unpaired) electrons. The fourth-order valence-electron chi connectivity index (χ4n) is 11.8. The first-order valence-electron chi connectivity index (χ1n) is 15.7. The Morgan fingerprint density at radius 1 is 1.00 bits per heavy atom. The molecule has 7 nitrogen and oxygen atoms in total. The van der Waals surface area contributed by atoms with Crippen molar-refractivity contribution in [3.8, 4) is 0 Å². The number of fused-ring (bicyclic) bond motifs is 7. The summed E-state index contributed by atoms with van der Waals surface area (Å²) in [5, 5.41) is 22.9. The zero-order chi connectivity index (χ0) is 29.6. The van der Waals surface area contributed by atoms with Crippen LogP contribution in [0.25, 0.3) is 0 Å². The van der Waals surface area contributed by atoms with Crippen molar-refractivity contribution in [2.75, 3.05) is 6.54 Å². The molecule has 4 saturated carbocycles. The Bertz CT molecular complexity index is 1140. The molecule has 4 fully saturated rings. The number of hydrogen-bond acceptors (Lipinski definition) is 6. The highest BCUT2D eigenvalue weighted by Crippen LogP contribution is 2.77. The second-order valence-electron chi connectivity index (χ2n) is 15.8. The van der Waals surface area contributed by atoms with Gasteiger partial charge in [0.25, 0.3) is 0 Å². The number of carbonyl (C=O) groups excluding carboxylic acids is 2. The largest absolute Gasteiger partial charge is 0.462 e. The number of hydrogen-bond donors (Lipinski definition) is 1. The lowest BCUT2D eigenvalue weighted by molar-refractivity contribution is -0.494. The summed E-state index contributed by atoms with van der Waals surface area (Å²) < 4.78 is 5.87. The molecule has 0 aromatic carbocycles. The lowest BCUT2D eigenvalue weighted by Crippen LogP contribution is -2.66. The van der Waals surface area contributed by atoms with Gasteiger partial charge in [-0.05, 0) is 96.9 Å². The average Bonchev–Trinajstić information content (AvgIpc) is 3.14. The molecule has 8 unspecified atom stereocenters. The van der Waals surface area contributed by atoms with E-state index in [9.17, 15) is 24.8 Å². The SMILES string of the molecule is CC(=O)OC1CCC2(C)C(CCC3(C)C2CCC2C4=C(C(C)C)C(=O)CC4([C@H](O)C[N+](=O)[O-])CCC23C)C1(C)C. The maximum Gasteiger partial charge on any atom is 0.302 e. The number of aliphatic hydroxyl groups is 1. The molecule has 0 amide bonds. The molecule has 5 rings (SSSR count). The molecular formula is C33H51NO6. The van der Waals surface area contributed by atoms with Crippen LogP contribution in [0.15, 0.2) is 11.1 Å². The Balaban J connectivity index is 1.56. The topological polar surface area (TPSA) is 107 Å². The zero-order valence-corrected chi connectivity index (χ0v) is 26.0. The van der Waals surface area contributed by atoms with Gasteiger partial charge in [0.05, 0.1) is 0 Å². The lowest BCUT2D eigenvalue weighted by atomic mass is 9.33. The summed E-state index contributed by atoms with van der Waals surface area (Å²) in [6, 6.07) is 0. The minimum absolute atomic E-state index is 0.0330. The zero-order valence-electron chi connectivity index (χ0n) is 26.0. The molecule has 0 aliphatic heterocycles. The van der Waals surface area contributed by atoms with Crippen LogP contribution in [0.1, 0.15) is 113 Å². The first-order valence-corrected chi connectivity index (χ1v) is 15.7. The summed E-state index contributed by atoms with van der Waals surface area (Å²) >= 11 is 0. The third-order valence-electron chi connectivity index (χ3n) is 13.7. The van der Waals surface area contributed by atoms with E-state index in [0.29, 0.717) is 18.3 Å². The maximum absolute atomic E-state index is 13.6. The van der Waals surface area contributed by atoms with Gasteiger partial charge in [-0.3, -0.25) is 19.7 Å². The number of ether oxygens (including phenoxy) is 1. The molecule has 0 saturated heterocycles. The third-order valence-corrected chi connectivity index (χ3v) is 13.7. The molecule has 0 heterocycles. The molecule has 0 spiro atoms. The normalized spacial score (nSPS) is 44.8. The summed E-state index contributed by atoms with van der Waals surface area (Å²) in [6.45, 7) is 17.2. The first kappa shape index (κ1) is 29.7. The van der Waals surface area contributed by atoms with Crippen molar-refractivity contribution in [2.45, 2.75) is 125 Å². The highest BCUT2D eigenvalue weighted by atomic mass is 16.6. The Hall–Kier alpha value is -1.76. The second-order valence-corrected chi connectivity index (χ2v) is 15.8. The Kier molecular flexibility index (Phi) is 6.96. The van der Waals surface area contributed by atoms with Crippen molar-refractivity contribution in [2.24, 2.45) is 50.7 Å². The Morgan fingerprint density at radius 2 is 1.68 bits per heavy atom. The number of aliphatic hydroxyl groups excluding tert-OH is 1. The number of rotatable bonds is 5. The molecule has 0 aromatic rings. The van der Waals surface area contributed by atoms with E-state index >= 15 is 0 Å². The van der Waals surface area contributed by atoms with E-state index in [4.69, 9.17) is 4.74 Å². The predicted octanol–water partition coefficient (Wildman–Crippen LogP) is 6.54. The van der Waals surface area contributed by atoms with Crippen molar-refractivity contribution in [3.63, 3.8) is 0 Å². The van der Waals surface area contributed by atoms with Gasteiger partial charge in [0.1, 0.15) is 12.2 Å². The smallest absolute Gasteiger partial charge is 0.302 e. The van der Waals surface area contributed by atoms with Gasteiger partial charge in [-0.25, -0.2) is 0 Å². The minimum Gasteiger partial charge on any atom is -0.462 e. The van der Waals surface area contributed by atoms with Crippen LogP contribution >= 0.6 is 0 Å². The fourth-order valence-corrected chi connectivity index (χ4v) is 11.8. The van der Waals surface area contributed by atoms with E-state index in [1.807, 2.05) is 0 Å². The number of esters is 1. The molecule has 5 aliphatic rings. The van der Waals surface area contributed by atoms with E-state index in [-0.39, 0.29) is 57.8 Å². The second kappa shape index (κ2) is 9.37. The van der Waals surface area contributed by atoms with Gasteiger partial charge < -0.3 is 9.84 Å². The van der Waals surface area contributed by atoms with E-state index < -0.39 is 23.0 Å². The molecule has 0 aromatic heterocycles. The number of Topliss-reactive ketones (excluding diaryl/α,β-unsaturated/α-hetero) is 1. The molecule has 224 valence electrons. The van der Waals surface area contributed by atoms with Crippen LogP contribution in [0.4, 0.5) is 0 Å². The van der Waals surface area contributed by atoms with Crippen molar-refractivity contribution < 1.29 is 24.4 Å². The molecule has 0 bridgehead atoms.